The Labute approximate surface area is 128 Å². The van der Waals surface area contributed by atoms with Gasteiger partial charge in [-0.2, -0.15) is 0 Å². The highest BCUT2D eigenvalue weighted by Crippen LogP contribution is 2.29. The number of rotatable bonds is 4. The highest BCUT2D eigenvalue weighted by atomic mass is 35.5. The first-order valence-corrected chi connectivity index (χ1v) is 7.06. The molecule has 3 rings (SSSR count). The molecule has 21 heavy (non-hydrogen) atoms. The average molecular weight is 299 g/mol. The van der Waals surface area contributed by atoms with Crippen molar-refractivity contribution in [3.05, 3.63) is 65.3 Å². The molecule has 0 aliphatic carbocycles. The summed E-state index contributed by atoms with van der Waals surface area (Å²) in [7, 11) is 1.67. The average Bonchev–Trinajstić information content (AvgIpc) is 2.53. The molecule has 0 aliphatic rings. The van der Waals surface area contributed by atoms with Gasteiger partial charge in [0, 0.05) is 28.5 Å². The summed E-state index contributed by atoms with van der Waals surface area (Å²) >= 11 is 6.18. The van der Waals surface area contributed by atoms with Crippen LogP contribution in [-0.4, -0.2) is 12.1 Å². The number of aromatic nitrogens is 1. The molecule has 1 N–H and O–H groups in total. The van der Waals surface area contributed by atoms with Gasteiger partial charge in [0.15, 0.2) is 0 Å². The van der Waals surface area contributed by atoms with Gasteiger partial charge in [-0.15, -0.1) is 0 Å². The lowest BCUT2D eigenvalue weighted by atomic mass is 10.1. The van der Waals surface area contributed by atoms with E-state index in [1.165, 1.54) is 0 Å². The lowest BCUT2D eigenvalue weighted by molar-refractivity contribution is 0.420. The van der Waals surface area contributed by atoms with Crippen LogP contribution in [-0.2, 0) is 6.54 Å². The largest absolute Gasteiger partial charge is 0.496 e. The third kappa shape index (κ3) is 2.78. The highest BCUT2D eigenvalue weighted by molar-refractivity contribution is 6.31. The molecule has 0 atom stereocenters. The molecule has 3 aromatic rings. The van der Waals surface area contributed by atoms with Crippen LogP contribution < -0.4 is 10.1 Å². The van der Waals surface area contributed by atoms with Gasteiger partial charge < -0.3 is 10.1 Å². The normalized spacial score (nSPS) is 10.6. The Hall–Kier alpha value is -2.26. The molecule has 0 saturated carbocycles. The lowest BCUT2D eigenvalue weighted by Crippen LogP contribution is -2.02. The third-order valence-electron chi connectivity index (χ3n) is 3.39. The number of ether oxygens (including phenoxy) is 1. The molecular weight excluding hydrogens is 284 g/mol. The van der Waals surface area contributed by atoms with Crippen molar-refractivity contribution < 1.29 is 4.74 Å². The summed E-state index contributed by atoms with van der Waals surface area (Å²) in [5.74, 6) is 1.67. The molecule has 0 radical (unpaired) electrons. The Morgan fingerprint density at radius 2 is 1.90 bits per heavy atom. The maximum Gasteiger partial charge on any atom is 0.134 e. The SMILES string of the molecule is COc1cccc2c(NCc3ccccc3Cl)nccc12. The Morgan fingerprint density at radius 3 is 2.71 bits per heavy atom. The Kier molecular flexibility index (Phi) is 3.93. The van der Waals surface area contributed by atoms with Crippen LogP contribution in [0.25, 0.3) is 10.8 Å². The number of nitrogens with one attached hydrogen (secondary N) is 1. The van der Waals surface area contributed by atoms with Crippen LogP contribution in [0.15, 0.2) is 54.7 Å². The first-order chi connectivity index (χ1) is 10.3. The van der Waals surface area contributed by atoms with Gasteiger partial charge in [-0.1, -0.05) is 41.9 Å². The molecule has 0 saturated heterocycles. The van der Waals surface area contributed by atoms with Crippen LogP contribution in [0.3, 0.4) is 0 Å². The minimum absolute atomic E-state index is 0.628. The van der Waals surface area contributed by atoms with Crippen LogP contribution in [0.5, 0.6) is 5.75 Å². The van der Waals surface area contributed by atoms with Crippen molar-refractivity contribution in [1.82, 2.24) is 4.98 Å². The fourth-order valence-corrected chi connectivity index (χ4v) is 2.52. The van der Waals surface area contributed by atoms with E-state index in [2.05, 4.69) is 10.3 Å². The molecule has 0 amide bonds. The number of methoxy groups -OCH3 is 1. The maximum absolute atomic E-state index is 6.18. The summed E-state index contributed by atoms with van der Waals surface area (Å²) in [5, 5.41) is 6.17. The lowest BCUT2D eigenvalue weighted by Gasteiger charge is -2.11. The van der Waals surface area contributed by atoms with Gasteiger partial charge in [0.05, 0.1) is 7.11 Å². The zero-order chi connectivity index (χ0) is 14.7. The van der Waals surface area contributed by atoms with Gasteiger partial charge in [-0.05, 0) is 23.8 Å². The van der Waals surface area contributed by atoms with E-state index in [4.69, 9.17) is 16.3 Å². The number of hydrogen-bond acceptors (Lipinski definition) is 3. The quantitative estimate of drug-likeness (QED) is 0.769. The Bertz CT molecular complexity index is 774. The second-order valence-electron chi connectivity index (χ2n) is 4.66. The van der Waals surface area contributed by atoms with Gasteiger partial charge in [-0.3, -0.25) is 0 Å². The monoisotopic (exact) mass is 298 g/mol. The molecule has 0 bridgehead atoms. The second-order valence-corrected chi connectivity index (χ2v) is 5.07. The minimum atomic E-state index is 0.628. The van der Waals surface area contributed by atoms with Crippen LogP contribution in [0.2, 0.25) is 5.02 Å². The standard InChI is InChI=1S/C17H15ClN2O/c1-21-16-8-4-6-14-13(16)9-10-19-17(14)20-11-12-5-2-3-7-15(12)18/h2-10H,11H2,1H3,(H,19,20). The fourth-order valence-electron chi connectivity index (χ4n) is 2.32. The van der Waals surface area contributed by atoms with Crippen LogP contribution >= 0.6 is 11.6 Å². The Balaban J connectivity index is 1.93. The summed E-state index contributed by atoms with van der Waals surface area (Å²) in [6, 6.07) is 15.7. The molecule has 1 heterocycles. The van der Waals surface area contributed by atoms with Crippen molar-refractivity contribution >= 4 is 28.2 Å². The summed E-state index contributed by atoms with van der Waals surface area (Å²) in [4.78, 5) is 4.42. The van der Waals surface area contributed by atoms with Gasteiger partial charge in [0.25, 0.3) is 0 Å². The molecular formula is C17H15ClN2O. The van der Waals surface area contributed by atoms with Crippen molar-refractivity contribution in [1.29, 1.82) is 0 Å². The molecule has 0 unspecified atom stereocenters. The predicted octanol–water partition coefficient (Wildman–Crippen LogP) is 4.51. The van der Waals surface area contributed by atoms with E-state index >= 15 is 0 Å². The van der Waals surface area contributed by atoms with Crippen molar-refractivity contribution in [3.8, 4) is 5.75 Å². The van der Waals surface area contributed by atoms with Crippen LogP contribution in [0.1, 0.15) is 5.56 Å². The molecule has 3 nitrogen and oxygen atoms in total. The first kappa shape index (κ1) is 13.7. The van der Waals surface area contributed by atoms with Crippen molar-refractivity contribution in [2.45, 2.75) is 6.54 Å². The fraction of sp³-hybridized carbons (Fsp3) is 0.118. The zero-order valence-electron chi connectivity index (χ0n) is 11.6. The van der Waals surface area contributed by atoms with Gasteiger partial charge in [0.2, 0.25) is 0 Å². The Morgan fingerprint density at radius 1 is 1.05 bits per heavy atom. The highest BCUT2D eigenvalue weighted by Gasteiger charge is 2.07. The van der Waals surface area contributed by atoms with E-state index in [0.717, 1.165) is 32.9 Å². The summed E-state index contributed by atoms with van der Waals surface area (Å²) < 4.78 is 5.39. The first-order valence-electron chi connectivity index (χ1n) is 6.68. The second kappa shape index (κ2) is 6.02. The number of pyridine rings is 1. The topological polar surface area (TPSA) is 34.1 Å². The van der Waals surface area contributed by atoms with Gasteiger partial charge >= 0.3 is 0 Å². The van der Waals surface area contributed by atoms with Gasteiger partial charge in [-0.25, -0.2) is 4.98 Å². The predicted molar refractivity (Wildman–Crippen MR) is 87.1 cm³/mol. The molecule has 1 aromatic heterocycles. The maximum atomic E-state index is 6.18. The molecule has 106 valence electrons. The van der Waals surface area contributed by atoms with Crippen molar-refractivity contribution in [2.75, 3.05) is 12.4 Å². The molecule has 4 heteroatoms. The summed E-state index contributed by atoms with van der Waals surface area (Å²) in [5.41, 5.74) is 1.04. The molecule has 0 fully saturated rings. The van der Waals surface area contributed by atoms with E-state index in [1.807, 2.05) is 48.5 Å². The smallest absolute Gasteiger partial charge is 0.134 e. The number of fused-ring (bicyclic) bond motifs is 1. The third-order valence-corrected chi connectivity index (χ3v) is 3.76. The van der Waals surface area contributed by atoms with E-state index < -0.39 is 0 Å². The zero-order valence-corrected chi connectivity index (χ0v) is 12.4. The number of benzene rings is 2. The van der Waals surface area contributed by atoms with E-state index in [1.54, 1.807) is 13.3 Å². The minimum Gasteiger partial charge on any atom is -0.496 e. The van der Waals surface area contributed by atoms with E-state index in [-0.39, 0.29) is 0 Å². The van der Waals surface area contributed by atoms with Crippen LogP contribution in [0, 0.1) is 0 Å². The number of nitrogens with zero attached hydrogens (tertiary/aromatic N) is 1. The van der Waals surface area contributed by atoms with Gasteiger partial charge in [0.1, 0.15) is 11.6 Å². The molecule has 2 aromatic carbocycles. The number of halogens is 1. The molecule has 0 spiro atoms. The molecule has 0 aliphatic heterocycles. The van der Waals surface area contributed by atoms with Crippen LogP contribution in [0.4, 0.5) is 5.82 Å². The number of anilines is 1. The summed E-state index contributed by atoms with van der Waals surface area (Å²) in [6.45, 7) is 0.628. The van der Waals surface area contributed by atoms with Crippen molar-refractivity contribution in [3.63, 3.8) is 0 Å². The summed E-state index contributed by atoms with van der Waals surface area (Å²) in [6.07, 6.45) is 1.78. The van der Waals surface area contributed by atoms with Crippen molar-refractivity contribution in [2.24, 2.45) is 0 Å². The van der Waals surface area contributed by atoms with E-state index in [0.29, 0.717) is 6.54 Å². The van der Waals surface area contributed by atoms with E-state index in [9.17, 15) is 0 Å². The number of hydrogen-bond donors (Lipinski definition) is 1.